The minimum atomic E-state index is -0.656. The van der Waals surface area contributed by atoms with Crippen LogP contribution in [0.5, 0.6) is 0 Å². The van der Waals surface area contributed by atoms with E-state index in [1.54, 1.807) is 11.8 Å². The molecule has 1 aliphatic heterocycles. The largest absolute Gasteiger partial charge is 0.294 e. The van der Waals surface area contributed by atoms with E-state index in [-0.39, 0.29) is 11.7 Å². The number of carbonyl (C=O) groups excluding carboxylic acids is 1. The number of thioether (sulfide) groups is 1. The average molecular weight is 204 g/mol. The SMILES string of the molecule is N#CC(C#N)C1CC(=O)C2=C1SCC2. The molecule has 0 aromatic rings. The Bertz CT molecular complexity index is 385. The summed E-state index contributed by atoms with van der Waals surface area (Å²) >= 11 is 1.64. The Morgan fingerprint density at radius 2 is 2.14 bits per heavy atom. The van der Waals surface area contributed by atoms with Gasteiger partial charge >= 0.3 is 0 Å². The first-order valence-corrected chi connectivity index (χ1v) is 5.44. The van der Waals surface area contributed by atoms with Gasteiger partial charge in [0.2, 0.25) is 0 Å². The van der Waals surface area contributed by atoms with E-state index in [0.29, 0.717) is 6.42 Å². The second kappa shape index (κ2) is 3.48. The van der Waals surface area contributed by atoms with E-state index in [0.717, 1.165) is 22.7 Å². The lowest BCUT2D eigenvalue weighted by Crippen LogP contribution is -2.11. The summed E-state index contributed by atoms with van der Waals surface area (Å²) in [6.45, 7) is 0. The van der Waals surface area contributed by atoms with Gasteiger partial charge < -0.3 is 0 Å². The monoisotopic (exact) mass is 204 g/mol. The fourth-order valence-electron chi connectivity index (χ4n) is 1.97. The summed E-state index contributed by atoms with van der Waals surface area (Å²) in [5.74, 6) is 0.277. The number of Topliss-reactive ketones (excluding diaryl/α,β-unsaturated/α-hetero) is 1. The van der Waals surface area contributed by atoms with Gasteiger partial charge in [0.25, 0.3) is 0 Å². The van der Waals surface area contributed by atoms with Gasteiger partial charge in [0.15, 0.2) is 5.78 Å². The summed E-state index contributed by atoms with van der Waals surface area (Å²) in [5, 5.41) is 17.6. The van der Waals surface area contributed by atoms with Gasteiger partial charge in [-0.25, -0.2) is 0 Å². The van der Waals surface area contributed by atoms with Crippen molar-refractivity contribution >= 4 is 17.5 Å². The standard InChI is InChI=1S/C10H8N2OS/c11-4-6(5-12)8-3-9(13)7-1-2-14-10(7)8/h6,8H,1-3H2. The Labute approximate surface area is 86.4 Å². The maximum atomic E-state index is 11.5. The van der Waals surface area contributed by atoms with Crippen LogP contribution in [0.3, 0.4) is 0 Å². The second-order valence-electron chi connectivity index (χ2n) is 3.41. The number of ketones is 1. The fraction of sp³-hybridized carbons (Fsp3) is 0.500. The van der Waals surface area contributed by atoms with Gasteiger partial charge in [-0.3, -0.25) is 4.79 Å². The summed E-state index contributed by atoms with van der Waals surface area (Å²) < 4.78 is 0. The molecular weight excluding hydrogens is 196 g/mol. The van der Waals surface area contributed by atoms with Crippen molar-refractivity contribution in [2.45, 2.75) is 12.8 Å². The Morgan fingerprint density at radius 1 is 1.43 bits per heavy atom. The lowest BCUT2D eigenvalue weighted by molar-refractivity contribution is -0.115. The summed E-state index contributed by atoms with van der Waals surface area (Å²) in [7, 11) is 0. The van der Waals surface area contributed by atoms with Crippen LogP contribution in [-0.2, 0) is 4.79 Å². The van der Waals surface area contributed by atoms with E-state index >= 15 is 0 Å². The van der Waals surface area contributed by atoms with Crippen molar-refractivity contribution in [2.24, 2.45) is 11.8 Å². The zero-order valence-electron chi connectivity index (χ0n) is 7.49. The van der Waals surface area contributed by atoms with Crippen molar-refractivity contribution in [2.75, 3.05) is 5.75 Å². The molecule has 0 aromatic carbocycles. The minimum Gasteiger partial charge on any atom is -0.294 e. The van der Waals surface area contributed by atoms with E-state index in [9.17, 15) is 4.79 Å². The van der Waals surface area contributed by atoms with Crippen molar-refractivity contribution < 1.29 is 4.79 Å². The van der Waals surface area contributed by atoms with Gasteiger partial charge in [-0.2, -0.15) is 10.5 Å². The van der Waals surface area contributed by atoms with Crippen LogP contribution in [0.25, 0.3) is 0 Å². The molecule has 0 bridgehead atoms. The molecular formula is C10H8N2OS. The van der Waals surface area contributed by atoms with E-state index in [4.69, 9.17) is 10.5 Å². The molecule has 0 fully saturated rings. The molecule has 4 heteroatoms. The molecule has 1 heterocycles. The first kappa shape index (κ1) is 9.30. The Kier molecular flexibility index (Phi) is 2.31. The molecule has 3 nitrogen and oxygen atoms in total. The highest BCUT2D eigenvalue weighted by Gasteiger charge is 2.39. The third kappa shape index (κ3) is 1.23. The number of hydrogen-bond donors (Lipinski definition) is 0. The maximum Gasteiger partial charge on any atom is 0.160 e. The zero-order chi connectivity index (χ0) is 10.1. The van der Waals surface area contributed by atoms with Crippen molar-refractivity contribution in [1.82, 2.24) is 0 Å². The van der Waals surface area contributed by atoms with Gasteiger partial charge in [-0.1, -0.05) is 0 Å². The lowest BCUT2D eigenvalue weighted by Gasteiger charge is -2.11. The van der Waals surface area contributed by atoms with Crippen molar-refractivity contribution in [3.05, 3.63) is 10.5 Å². The highest BCUT2D eigenvalue weighted by Crippen LogP contribution is 2.47. The fourth-order valence-corrected chi connectivity index (χ4v) is 3.32. The third-order valence-electron chi connectivity index (χ3n) is 2.67. The van der Waals surface area contributed by atoms with Crippen LogP contribution in [0.1, 0.15) is 12.8 Å². The molecule has 0 radical (unpaired) electrons. The van der Waals surface area contributed by atoms with Crippen LogP contribution < -0.4 is 0 Å². The molecule has 0 N–H and O–H groups in total. The maximum absolute atomic E-state index is 11.5. The number of rotatable bonds is 1. The molecule has 0 saturated carbocycles. The normalized spacial score (nSPS) is 25.1. The Hall–Kier alpha value is -1.26. The lowest BCUT2D eigenvalue weighted by atomic mass is 9.94. The number of carbonyl (C=O) groups is 1. The molecule has 2 rings (SSSR count). The van der Waals surface area contributed by atoms with E-state index in [2.05, 4.69) is 0 Å². The van der Waals surface area contributed by atoms with Crippen molar-refractivity contribution in [3.63, 3.8) is 0 Å². The molecule has 1 atom stereocenters. The van der Waals surface area contributed by atoms with Gasteiger partial charge in [-0.15, -0.1) is 11.8 Å². The quantitative estimate of drug-likeness (QED) is 0.651. The predicted molar refractivity (Wildman–Crippen MR) is 51.9 cm³/mol. The minimum absolute atomic E-state index is 0.139. The molecule has 0 amide bonds. The summed E-state index contributed by atoms with van der Waals surface area (Å²) in [5.41, 5.74) is 0.885. The van der Waals surface area contributed by atoms with Crippen LogP contribution in [0.2, 0.25) is 0 Å². The molecule has 0 spiro atoms. The molecule has 0 saturated heterocycles. The average Bonchev–Trinajstić information content (AvgIpc) is 2.74. The zero-order valence-corrected chi connectivity index (χ0v) is 8.30. The first-order chi connectivity index (χ1) is 6.77. The van der Waals surface area contributed by atoms with Crippen LogP contribution in [0.4, 0.5) is 0 Å². The molecule has 70 valence electrons. The second-order valence-corrected chi connectivity index (χ2v) is 4.55. The van der Waals surface area contributed by atoms with Crippen molar-refractivity contribution in [3.8, 4) is 12.1 Å². The summed E-state index contributed by atoms with van der Waals surface area (Å²) in [6, 6.07) is 3.93. The molecule has 14 heavy (non-hydrogen) atoms. The van der Waals surface area contributed by atoms with Gasteiger partial charge in [0.05, 0.1) is 12.1 Å². The van der Waals surface area contributed by atoms with E-state index < -0.39 is 5.92 Å². The molecule has 2 aliphatic rings. The highest BCUT2D eigenvalue weighted by molar-refractivity contribution is 8.03. The molecule has 1 aliphatic carbocycles. The topological polar surface area (TPSA) is 64.7 Å². The van der Waals surface area contributed by atoms with Crippen LogP contribution in [-0.4, -0.2) is 11.5 Å². The van der Waals surface area contributed by atoms with Gasteiger partial charge in [-0.05, 0) is 11.3 Å². The van der Waals surface area contributed by atoms with E-state index in [1.807, 2.05) is 12.1 Å². The molecule has 0 aromatic heterocycles. The third-order valence-corrected chi connectivity index (χ3v) is 3.93. The summed E-state index contributed by atoms with van der Waals surface area (Å²) in [6.07, 6.45) is 1.18. The number of hydrogen-bond acceptors (Lipinski definition) is 4. The smallest absolute Gasteiger partial charge is 0.160 e. The van der Waals surface area contributed by atoms with Gasteiger partial charge in [0.1, 0.15) is 5.92 Å². The Balaban J connectivity index is 2.30. The Morgan fingerprint density at radius 3 is 2.79 bits per heavy atom. The van der Waals surface area contributed by atoms with Gasteiger partial charge in [0, 0.05) is 23.7 Å². The van der Waals surface area contributed by atoms with Crippen LogP contribution in [0, 0.1) is 34.5 Å². The predicted octanol–water partition coefficient (Wildman–Crippen LogP) is 1.63. The van der Waals surface area contributed by atoms with Crippen LogP contribution >= 0.6 is 11.8 Å². The first-order valence-electron chi connectivity index (χ1n) is 4.46. The number of allylic oxidation sites excluding steroid dienone is 2. The number of nitrogens with zero attached hydrogens (tertiary/aromatic N) is 2. The molecule has 1 unspecified atom stereocenters. The summed E-state index contributed by atoms with van der Waals surface area (Å²) in [4.78, 5) is 12.5. The van der Waals surface area contributed by atoms with E-state index in [1.165, 1.54) is 0 Å². The highest BCUT2D eigenvalue weighted by atomic mass is 32.2. The van der Waals surface area contributed by atoms with Crippen LogP contribution in [0.15, 0.2) is 10.5 Å². The number of nitriles is 2. The van der Waals surface area contributed by atoms with Crippen molar-refractivity contribution in [1.29, 1.82) is 10.5 Å².